The molecule has 9 heavy (non-hydrogen) atoms. The largest absolute Gasteiger partial charge is 0.342 e. The Balaban J connectivity index is 3.48. The van der Waals surface area contributed by atoms with Crippen molar-refractivity contribution in [2.75, 3.05) is 7.05 Å². The normalized spacial score (nSPS) is 10.6. The highest BCUT2D eigenvalue weighted by Crippen LogP contribution is 2.02. The maximum atomic E-state index is 3.23. The second kappa shape index (κ2) is 6.04. The van der Waals surface area contributed by atoms with Crippen LogP contribution in [0.15, 0.2) is 11.3 Å². The van der Waals surface area contributed by atoms with Gasteiger partial charge < -0.3 is 4.98 Å². The number of allylic oxidation sites excluding steroid dienone is 1. The minimum Gasteiger partial charge on any atom is -0.342 e. The topological polar surface area (TPSA) is 12.0 Å². The van der Waals surface area contributed by atoms with E-state index in [1.165, 1.54) is 12.8 Å². The van der Waals surface area contributed by atoms with E-state index in [0.717, 1.165) is 0 Å². The highest BCUT2D eigenvalue weighted by molar-refractivity contribution is 6.39. The molecule has 0 fully saturated rings. The van der Waals surface area contributed by atoms with Crippen molar-refractivity contribution in [2.24, 2.45) is 0 Å². The summed E-state index contributed by atoms with van der Waals surface area (Å²) in [6, 6.07) is 0. The van der Waals surface area contributed by atoms with Crippen LogP contribution >= 0.6 is 0 Å². The van der Waals surface area contributed by atoms with Gasteiger partial charge in [-0.2, -0.15) is 0 Å². The van der Waals surface area contributed by atoms with Gasteiger partial charge in [-0.05, 0) is 19.9 Å². The van der Waals surface area contributed by atoms with Crippen LogP contribution in [0.1, 0.15) is 26.7 Å². The third kappa shape index (κ3) is 4.42. The van der Waals surface area contributed by atoms with Crippen LogP contribution in [0.25, 0.3) is 0 Å². The number of hydrogen-bond acceptors (Lipinski definition) is 1. The Morgan fingerprint density at radius 1 is 1.44 bits per heavy atom. The molecule has 0 aromatic rings. The van der Waals surface area contributed by atoms with Crippen LogP contribution in [-0.2, 0) is 0 Å². The molecule has 1 nitrogen and oxygen atoms in total. The molecular formula is C7H17NSi. The molecule has 0 saturated carbocycles. The molecule has 1 N–H and O–H groups in total. The first-order valence-electron chi connectivity index (χ1n) is 3.67. The number of hydrogen-bond donors (Lipinski definition) is 1. The molecule has 54 valence electrons. The lowest BCUT2D eigenvalue weighted by atomic mass is 10.2. The predicted octanol–water partition coefficient (Wildman–Crippen LogP) is 0.994. The molecule has 0 unspecified atom stereocenters. The standard InChI is InChI=1S/C7H17NSi/c1-4-7(5-2)6-9-8-3/h6,8H,4-5,9H2,1-3H3. The van der Waals surface area contributed by atoms with E-state index < -0.39 is 0 Å². The zero-order valence-corrected chi connectivity index (χ0v) is 8.11. The molecule has 0 aliphatic rings. The minimum atomic E-state index is -0.0598. The van der Waals surface area contributed by atoms with Gasteiger partial charge in [-0.15, -0.1) is 0 Å². The maximum absolute atomic E-state index is 3.23. The molecule has 0 aromatic heterocycles. The second-order valence-corrected chi connectivity index (χ2v) is 3.65. The van der Waals surface area contributed by atoms with E-state index >= 15 is 0 Å². The van der Waals surface area contributed by atoms with Crippen molar-refractivity contribution in [2.45, 2.75) is 26.7 Å². The highest BCUT2D eigenvalue weighted by Gasteiger charge is 1.86. The molecule has 0 aliphatic carbocycles. The molecule has 0 heterocycles. The molecule has 0 spiro atoms. The highest BCUT2D eigenvalue weighted by atomic mass is 28.2. The Hall–Kier alpha value is -0.0831. The molecule has 0 aromatic carbocycles. The van der Waals surface area contributed by atoms with Crippen LogP contribution in [0.4, 0.5) is 0 Å². The molecule has 0 bridgehead atoms. The van der Waals surface area contributed by atoms with Crippen molar-refractivity contribution in [1.29, 1.82) is 0 Å². The molecule has 0 radical (unpaired) electrons. The van der Waals surface area contributed by atoms with Crippen LogP contribution in [0.5, 0.6) is 0 Å². The molecule has 2 heteroatoms. The van der Waals surface area contributed by atoms with E-state index in [0.29, 0.717) is 0 Å². The van der Waals surface area contributed by atoms with Crippen molar-refractivity contribution in [3.63, 3.8) is 0 Å². The summed E-state index contributed by atoms with van der Waals surface area (Å²) in [5.41, 5.74) is 4.01. The summed E-state index contributed by atoms with van der Waals surface area (Å²) >= 11 is 0. The zero-order chi connectivity index (χ0) is 7.11. The Kier molecular flexibility index (Phi) is 5.99. The third-order valence-corrected chi connectivity index (χ3v) is 2.69. The summed E-state index contributed by atoms with van der Waals surface area (Å²) in [6.45, 7) is 4.44. The maximum Gasteiger partial charge on any atom is 0.116 e. The molecule has 0 aliphatic heterocycles. The predicted molar refractivity (Wildman–Crippen MR) is 46.3 cm³/mol. The average molecular weight is 143 g/mol. The lowest BCUT2D eigenvalue weighted by molar-refractivity contribution is 0.981. The first-order chi connectivity index (χ1) is 4.35. The lowest BCUT2D eigenvalue weighted by Gasteiger charge is -1.97. The summed E-state index contributed by atoms with van der Waals surface area (Å²) in [6.07, 6.45) is 2.45. The molecule has 0 rings (SSSR count). The van der Waals surface area contributed by atoms with Gasteiger partial charge in [-0.25, -0.2) is 0 Å². The zero-order valence-electron chi connectivity index (χ0n) is 6.70. The van der Waals surface area contributed by atoms with E-state index in [4.69, 9.17) is 0 Å². The van der Waals surface area contributed by atoms with Crippen LogP contribution < -0.4 is 4.98 Å². The lowest BCUT2D eigenvalue weighted by Crippen LogP contribution is -2.10. The molecule has 0 amide bonds. The Morgan fingerprint density at radius 2 is 2.00 bits per heavy atom. The van der Waals surface area contributed by atoms with Gasteiger partial charge in [-0.3, -0.25) is 0 Å². The SMILES string of the molecule is CCC(=C[SiH2]NC)CC. The van der Waals surface area contributed by atoms with E-state index in [2.05, 4.69) is 24.5 Å². The second-order valence-electron chi connectivity index (χ2n) is 2.13. The smallest absolute Gasteiger partial charge is 0.116 e. The number of nitrogens with one attached hydrogen (secondary N) is 1. The third-order valence-electron chi connectivity index (χ3n) is 1.50. The van der Waals surface area contributed by atoms with Gasteiger partial charge in [0.25, 0.3) is 0 Å². The van der Waals surface area contributed by atoms with Gasteiger partial charge in [0, 0.05) is 0 Å². The van der Waals surface area contributed by atoms with Crippen molar-refractivity contribution >= 4 is 9.68 Å². The van der Waals surface area contributed by atoms with Gasteiger partial charge in [0.1, 0.15) is 9.68 Å². The summed E-state index contributed by atoms with van der Waals surface area (Å²) in [5.74, 6) is 0. The fraction of sp³-hybridized carbons (Fsp3) is 0.714. The molecular weight excluding hydrogens is 126 g/mol. The van der Waals surface area contributed by atoms with E-state index in [-0.39, 0.29) is 9.68 Å². The Labute approximate surface area is 60.4 Å². The van der Waals surface area contributed by atoms with Gasteiger partial charge in [0.2, 0.25) is 0 Å². The molecule has 0 atom stereocenters. The van der Waals surface area contributed by atoms with Crippen LogP contribution in [0.2, 0.25) is 0 Å². The van der Waals surface area contributed by atoms with Crippen LogP contribution in [-0.4, -0.2) is 16.7 Å². The molecule has 0 saturated heterocycles. The summed E-state index contributed by atoms with van der Waals surface area (Å²) in [7, 11) is 1.97. The van der Waals surface area contributed by atoms with E-state index in [1.54, 1.807) is 5.57 Å². The fourth-order valence-electron chi connectivity index (χ4n) is 0.785. The van der Waals surface area contributed by atoms with Crippen LogP contribution in [0.3, 0.4) is 0 Å². The van der Waals surface area contributed by atoms with Gasteiger partial charge in [-0.1, -0.05) is 25.1 Å². The van der Waals surface area contributed by atoms with E-state index in [1.807, 2.05) is 7.05 Å². The van der Waals surface area contributed by atoms with Gasteiger partial charge >= 0.3 is 0 Å². The van der Waals surface area contributed by atoms with Crippen LogP contribution in [0, 0.1) is 0 Å². The first-order valence-corrected chi connectivity index (χ1v) is 5.20. The summed E-state index contributed by atoms with van der Waals surface area (Å²) < 4.78 is 0. The van der Waals surface area contributed by atoms with Crippen molar-refractivity contribution < 1.29 is 0 Å². The van der Waals surface area contributed by atoms with Crippen molar-refractivity contribution in [3.05, 3.63) is 11.3 Å². The number of rotatable bonds is 4. The van der Waals surface area contributed by atoms with Crippen molar-refractivity contribution in [3.8, 4) is 0 Å². The van der Waals surface area contributed by atoms with Gasteiger partial charge in [0.15, 0.2) is 0 Å². The summed E-state index contributed by atoms with van der Waals surface area (Å²) in [4.78, 5) is 3.23. The van der Waals surface area contributed by atoms with Gasteiger partial charge in [0.05, 0.1) is 0 Å². The quantitative estimate of drug-likeness (QED) is 0.579. The van der Waals surface area contributed by atoms with E-state index in [9.17, 15) is 0 Å². The summed E-state index contributed by atoms with van der Waals surface area (Å²) in [5, 5.41) is 0. The average Bonchev–Trinajstić information content (AvgIpc) is 1.91. The fourth-order valence-corrected chi connectivity index (χ4v) is 1.86. The van der Waals surface area contributed by atoms with Crippen molar-refractivity contribution in [1.82, 2.24) is 4.98 Å². The first kappa shape index (κ1) is 8.92. The minimum absolute atomic E-state index is 0.0598. The monoisotopic (exact) mass is 143 g/mol. The Morgan fingerprint density at radius 3 is 2.33 bits per heavy atom. The Bertz CT molecular complexity index is 82.9.